The fourth-order valence-corrected chi connectivity index (χ4v) is 3.76. The van der Waals surface area contributed by atoms with E-state index in [1.165, 1.54) is 35.4 Å². The van der Waals surface area contributed by atoms with E-state index in [4.69, 9.17) is 0 Å². The summed E-state index contributed by atoms with van der Waals surface area (Å²) >= 11 is 3.68. The van der Waals surface area contributed by atoms with Crippen LogP contribution in [0.3, 0.4) is 0 Å². The first kappa shape index (κ1) is 13.8. The van der Waals surface area contributed by atoms with Gasteiger partial charge in [0.2, 0.25) is 0 Å². The van der Waals surface area contributed by atoms with Crippen molar-refractivity contribution in [2.45, 2.75) is 38.6 Å². The van der Waals surface area contributed by atoms with Crippen LogP contribution in [0, 0.1) is 0 Å². The molecular weight excluding hydrogens is 258 g/mol. The van der Waals surface area contributed by atoms with Gasteiger partial charge in [0.15, 0.2) is 0 Å². The topological polar surface area (TPSA) is 12.0 Å². The molecule has 0 aliphatic heterocycles. The maximum absolute atomic E-state index is 3.70. The molecule has 0 unspecified atom stereocenters. The molecule has 0 amide bonds. The van der Waals surface area contributed by atoms with Gasteiger partial charge < -0.3 is 5.32 Å². The lowest BCUT2D eigenvalue weighted by Gasteiger charge is -2.16. The van der Waals surface area contributed by atoms with E-state index in [-0.39, 0.29) is 0 Å². The summed E-state index contributed by atoms with van der Waals surface area (Å²) in [6, 6.07) is 9.13. The average molecular weight is 279 g/mol. The second-order valence-corrected chi connectivity index (χ2v) is 6.44. The van der Waals surface area contributed by atoms with Crippen molar-refractivity contribution >= 4 is 22.7 Å². The van der Waals surface area contributed by atoms with Gasteiger partial charge in [0.1, 0.15) is 0 Å². The fourth-order valence-electron chi connectivity index (χ4n) is 2.05. The fraction of sp³-hybridized carbons (Fsp3) is 0.467. The van der Waals surface area contributed by atoms with E-state index in [9.17, 15) is 0 Å². The molecule has 0 aliphatic rings. The summed E-state index contributed by atoms with van der Waals surface area (Å²) in [5.74, 6) is 0. The number of hydrogen-bond acceptors (Lipinski definition) is 3. The first-order valence-electron chi connectivity index (χ1n) is 6.72. The lowest BCUT2D eigenvalue weighted by atomic mass is 10.1. The van der Waals surface area contributed by atoms with E-state index < -0.39 is 0 Å². The minimum Gasteiger partial charge on any atom is -0.305 e. The third-order valence-electron chi connectivity index (χ3n) is 3.03. The number of unbranched alkanes of at least 4 members (excludes halogenated alkanes) is 3. The Morgan fingerprint density at radius 1 is 1.00 bits per heavy atom. The summed E-state index contributed by atoms with van der Waals surface area (Å²) in [6.07, 6.45) is 5.27. The molecule has 2 heterocycles. The highest BCUT2D eigenvalue weighted by atomic mass is 32.1. The Balaban J connectivity index is 1.90. The number of rotatable bonds is 8. The van der Waals surface area contributed by atoms with Crippen molar-refractivity contribution in [2.24, 2.45) is 0 Å². The maximum atomic E-state index is 3.70. The minimum atomic E-state index is 0.395. The molecule has 18 heavy (non-hydrogen) atoms. The Morgan fingerprint density at radius 2 is 1.67 bits per heavy atom. The Hall–Kier alpha value is -0.640. The Bertz CT molecular complexity index is 371. The molecule has 2 rings (SSSR count). The molecule has 0 fully saturated rings. The molecule has 0 aromatic carbocycles. The van der Waals surface area contributed by atoms with Crippen LogP contribution in [0.2, 0.25) is 0 Å². The molecule has 3 heteroatoms. The molecule has 1 N–H and O–H groups in total. The van der Waals surface area contributed by atoms with Gasteiger partial charge in [0, 0.05) is 9.75 Å². The molecule has 2 aromatic heterocycles. The second kappa shape index (κ2) is 7.72. The molecular formula is C15H21NS2. The molecule has 1 nitrogen and oxygen atoms in total. The Morgan fingerprint density at radius 3 is 2.17 bits per heavy atom. The lowest BCUT2D eigenvalue weighted by molar-refractivity contribution is 0.564. The van der Waals surface area contributed by atoms with Gasteiger partial charge in [-0.3, -0.25) is 0 Å². The van der Waals surface area contributed by atoms with E-state index in [1.54, 1.807) is 0 Å². The maximum Gasteiger partial charge on any atom is 0.0764 e. The number of thiophene rings is 2. The minimum absolute atomic E-state index is 0.395. The standard InChI is InChI=1S/C15H21NS2/c1-2-3-4-5-10-16-15(13-8-6-11-17-13)14-9-7-12-18-14/h6-9,11-12,15-16H,2-5,10H2,1H3. The van der Waals surface area contributed by atoms with E-state index in [0.29, 0.717) is 6.04 Å². The van der Waals surface area contributed by atoms with Crippen LogP contribution in [-0.2, 0) is 0 Å². The molecule has 0 atom stereocenters. The summed E-state index contributed by atoms with van der Waals surface area (Å²) in [4.78, 5) is 2.85. The molecule has 98 valence electrons. The van der Waals surface area contributed by atoms with E-state index in [0.717, 1.165) is 6.54 Å². The summed E-state index contributed by atoms with van der Waals surface area (Å²) in [6.45, 7) is 3.37. The Labute approximate surface area is 118 Å². The monoisotopic (exact) mass is 279 g/mol. The van der Waals surface area contributed by atoms with Crippen LogP contribution >= 0.6 is 22.7 Å². The third-order valence-corrected chi connectivity index (χ3v) is 4.91. The van der Waals surface area contributed by atoms with Crippen molar-refractivity contribution in [1.29, 1.82) is 0 Å². The van der Waals surface area contributed by atoms with Crippen molar-refractivity contribution in [2.75, 3.05) is 6.54 Å². The molecule has 0 aliphatic carbocycles. The van der Waals surface area contributed by atoms with Gasteiger partial charge >= 0.3 is 0 Å². The van der Waals surface area contributed by atoms with Crippen LogP contribution in [0.5, 0.6) is 0 Å². The van der Waals surface area contributed by atoms with Crippen LogP contribution in [0.25, 0.3) is 0 Å². The summed E-state index contributed by atoms with van der Waals surface area (Å²) in [5, 5.41) is 8.03. The SMILES string of the molecule is CCCCCCNC(c1cccs1)c1cccs1. The van der Waals surface area contributed by atoms with Gasteiger partial charge in [-0.15, -0.1) is 22.7 Å². The third kappa shape index (κ3) is 3.94. The summed E-state index contributed by atoms with van der Waals surface area (Å²) in [7, 11) is 0. The van der Waals surface area contributed by atoms with Crippen LogP contribution in [0.1, 0.15) is 48.4 Å². The highest BCUT2D eigenvalue weighted by molar-refractivity contribution is 7.11. The zero-order valence-electron chi connectivity index (χ0n) is 10.9. The zero-order valence-corrected chi connectivity index (χ0v) is 12.5. The van der Waals surface area contributed by atoms with Crippen molar-refractivity contribution in [3.8, 4) is 0 Å². The van der Waals surface area contributed by atoms with Crippen molar-refractivity contribution in [3.63, 3.8) is 0 Å². The lowest BCUT2D eigenvalue weighted by Crippen LogP contribution is -2.21. The van der Waals surface area contributed by atoms with Crippen LogP contribution < -0.4 is 5.32 Å². The largest absolute Gasteiger partial charge is 0.305 e. The average Bonchev–Trinajstić information content (AvgIpc) is 3.06. The van der Waals surface area contributed by atoms with E-state index in [2.05, 4.69) is 47.3 Å². The second-order valence-electron chi connectivity index (χ2n) is 4.48. The van der Waals surface area contributed by atoms with Gasteiger partial charge in [-0.05, 0) is 35.9 Å². The van der Waals surface area contributed by atoms with Crippen LogP contribution in [0.15, 0.2) is 35.0 Å². The first-order valence-corrected chi connectivity index (χ1v) is 8.48. The van der Waals surface area contributed by atoms with Gasteiger partial charge in [-0.2, -0.15) is 0 Å². The molecule has 0 radical (unpaired) electrons. The number of nitrogens with one attached hydrogen (secondary N) is 1. The Kier molecular flexibility index (Phi) is 5.91. The highest BCUT2D eigenvalue weighted by Gasteiger charge is 2.14. The quantitative estimate of drug-likeness (QED) is 0.665. The normalized spacial score (nSPS) is 11.2. The van der Waals surface area contributed by atoms with Gasteiger partial charge in [0.25, 0.3) is 0 Å². The van der Waals surface area contributed by atoms with Crippen molar-refractivity contribution < 1.29 is 0 Å². The number of hydrogen-bond donors (Lipinski definition) is 1. The molecule has 0 saturated carbocycles. The van der Waals surface area contributed by atoms with Crippen molar-refractivity contribution in [1.82, 2.24) is 5.32 Å². The van der Waals surface area contributed by atoms with Crippen LogP contribution in [0.4, 0.5) is 0 Å². The zero-order chi connectivity index (χ0) is 12.6. The smallest absolute Gasteiger partial charge is 0.0764 e. The molecule has 2 aromatic rings. The van der Waals surface area contributed by atoms with E-state index >= 15 is 0 Å². The summed E-state index contributed by atoms with van der Waals surface area (Å²) in [5.41, 5.74) is 0. The van der Waals surface area contributed by atoms with Crippen LogP contribution in [-0.4, -0.2) is 6.54 Å². The van der Waals surface area contributed by atoms with Gasteiger partial charge in [-0.1, -0.05) is 38.3 Å². The molecule has 0 bridgehead atoms. The van der Waals surface area contributed by atoms with Gasteiger partial charge in [0.05, 0.1) is 6.04 Å². The predicted octanol–water partition coefficient (Wildman–Crippen LogP) is 5.07. The van der Waals surface area contributed by atoms with Crippen molar-refractivity contribution in [3.05, 3.63) is 44.8 Å². The van der Waals surface area contributed by atoms with Gasteiger partial charge in [-0.25, -0.2) is 0 Å². The molecule has 0 spiro atoms. The highest BCUT2D eigenvalue weighted by Crippen LogP contribution is 2.29. The van der Waals surface area contributed by atoms with E-state index in [1.807, 2.05) is 22.7 Å². The predicted molar refractivity (Wildman–Crippen MR) is 82.6 cm³/mol. The first-order chi connectivity index (χ1) is 8.92. The molecule has 0 saturated heterocycles. The summed E-state index contributed by atoms with van der Waals surface area (Å²) < 4.78 is 0.